The van der Waals surface area contributed by atoms with Crippen molar-refractivity contribution in [3.63, 3.8) is 0 Å². The van der Waals surface area contributed by atoms with Gasteiger partial charge in [-0.05, 0) is 54.2 Å². The fourth-order valence-corrected chi connectivity index (χ4v) is 4.64. The Hall–Kier alpha value is -2.38. The molecule has 2 aromatic carbocycles. The van der Waals surface area contributed by atoms with Crippen LogP contribution in [0.2, 0.25) is 0 Å². The van der Waals surface area contributed by atoms with Gasteiger partial charge in [-0.1, -0.05) is 32.0 Å². The Morgan fingerprint density at radius 2 is 1.86 bits per heavy atom. The molecular formula is C22H28N2O4S. The number of carbonyl (C=O) groups excluding carboxylic acids is 1. The zero-order valence-electron chi connectivity index (χ0n) is 17.2. The summed E-state index contributed by atoms with van der Waals surface area (Å²) >= 11 is 0. The normalized spacial score (nSPS) is 14.4. The monoisotopic (exact) mass is 416 g/mol. The molecule has 29 heavy (non-hydrogen) atoms. The quantitative estimate of drug-likeness (QED) is 0.715. The Morgan fingerprint density at radius 1 is 1.07 bits per heavy atom. The highest BCUT2D eigenvalue weighted by molar-refractivity contribution is 7.89. The minimum atomic E-state index is -3.74. The molecule has 1 aliphatic heterocycles. The summed E-state index contributed by atoms with van der Waals surface area (Å²) in [5.74, 6) is 0.470. The molecule has 1 amide bonds. The molecule has 0 spiro atoms. The number of benzene rings is 2. The molecule has 6 nitrogen and oxygen atoms in total. The van der Waals surface area contributed by atoms with Crippen molar-refractivity contribution < 1.29 is 17.9 Å². The van der Waals surface area contributed by atoms with E-state index in [4.69, 9.17) is 4.74 Å². The maximum absolute atomic E-state index is 13.0. The highest BCUT2D eigenvalue weighted by atomic mass is 32.2. The van der Waals surface area contributed by atoms with Gasteiger partial charge in [0, 0.05) is 19.5 Å². The third-order valence-electron chi connectivity index (χ3n) is 5.34. The smallest absolute Gasteiger partial charge is 0.240 e. The van der Waals surface area contributed by atoms with Crippen molar-refractivity contribution in [2.45, 2.75) is 51.0 Å². The molecule has 156 valence electrons. The van der Waals surface area contributed by atoms with Crippen molar-refractivity contribution in [2.75, 3.05) is 18.6 Å². The minimum absolute atomic E-state index is 0.0187. The third-order valence-corrected chi connectivity index (χ3v) is 6.74. The van der Waals surface area contributed by atoms with E-state index in [9.17, 15) is 13.2 Å². The fourth-order valence-electron chi connectivity index (χ4n) is 3.62. The number of anilines is 1. The second-order valence-electron chi connectivity index (χ2n) is 7.12. The van der Waals surface area contributed by atoms with Crippen LogP contribution in [0.15, 0.2) is 41.3 Å². The van der Waals surface area contributed by atoms with Gasteiger partial charge < -0.3 is 9.64 Å². The molecule has 1 fully saturated rings. The SMILES string of the molecule is CCc1ccc(CC)c(CNS(=O)(=O)c2ccc(OC)c(N3CCCC3=O)c2)c1. The van der Waals surface area contributed by atoms with Crippen molar-refractivity contribution in [1.82, 2.24) is 4.72 Å². The molecule has 0 atom stereocenters. The molecule has 0 aromatic heterocycles. The molecule has 1 N–H and O–H groups in total. The van der Waals surface area contributed by atoms with Gasteiger partial charge in [-0.2, -0.15) is 0 Å². The van der Waals surface area contributed by atoms with Crippen LogP contribution in [-0.2, 0) is 34.2 Å². The molecule has 1 aliphatic rings. The number of ether oxygens (including phenoxy) is 1. The molecule has 2 aromatic rings. The van der Waals surface area contributed by atoms with Gasteiger partial charge in [0.1, 0.15) is 5.75 Å². The molecule has 0 unspecified atom stereocenters. The topological polar surface area (TPSA) is 75.7 Å². The highest BCUT2D eigenvalue weighted by Gasteiger charge is 2.26. The highest BCUT2D eigenvalue weighted by Crippen LogP contribution is 2.33. The molecule has 0 saturated carbocycles. The van der Waals surface area contributed by atoms with Gasteiger partial charge in [-0.3, -0.25) is 4.79 Å². The Balaban J connectivity index is 1.87. The van der Waals surface area contributed by atoms with E-state index < -0.39 is 10.0 Å². The fraction of sp³-hybridized carbons (Fsp3) is 0.409. The van der Waals surface area contributed by atoms with Crippen LogP contribution in [0.3, 0.4) is 0 Å². The van der Waals surface area contributed by atoms with Crippen molar-refractivity contribution >= 4 is 21.6 Å². The predicted octanol–water partition coefficient (Wildman–Crippen LogP) is 3.43. The van der Waals surface area contributed by atoms with Gasteiger partial charge in [0.2, 0.25) is 15.9 Å². The maximum atomic E-state index is 13.0. The average molecular weight is 417 g/mol. The van der Waals surface area contributed by atoms with Crippen LogP contribution in [-0.4, -0.2) is 28.0 Å². The van der Waals surface area contributed by atoms with Gasteiger partial charge in [-0.25, -0.2) is 13.1 Å². The number of hydrogen-bond donors (Lipinski definition) is 1. The first kappa shape index (κ1) is 21.3. The molecule has 0 bridgehead atoms. The van der Waals surface area contributed by atoms with E-state index in [1.807, 2.05) is 0 Å². The first-order valence-corrected chi connectivity index (χ1v) is 11.5. The summed E-state index contributed by atoms with van der Waals surface area (Å²) in [5.41, 5.74) is 3.79. The van der Waals surface area contributed by atoms with Gasteiger partial charge in [0.05, 0.1) is 17.7 Å². The summed E-state index contributed by atoms with van der Waals surface area (Å²) < 4.78 is 34.0. The van der Waals surface area contributed by atoms with E-state index in [2.05, 4.69) is 36.8 Å². The van der Waals surface area contributed by atoms with Crippen LogP contribution in [0.25, 0.3) is 0 Å². The molecule has 3 rings (SSSR count). The van der Waals surface area contributed by atoms with Crippen LogP contribution in [0.5, 0.6) is 5.75 Å². The standard InChI is InChI=1S/C22H28N2O4S/c1-4-16-8-9-17(5-2)18(13-16)15-23-29(26,27)19-10-11-21(28-3)20(14-19)24-12-6-7-22(24)25/h8-11,13-14,23H,4-7,12,15H2,1-3H3. The lowest BCUT2D eigenvalue weighted by Crippen LogP contribution is -2.26. The van der Waals surface area contributed by atoms with Crippen molar-refractivity contribution in [3.8, 4) is 5.75 Å². The van der Waals surface area contributed by atoms with Crippen molar-refractivity contribution in [1.29, 1.82) is 0 Å². The summed E-state index contributed by atoms with van der Waals surface area (Å²) in [4.78, 5) is 13.9. The molecule has 0 radical (unpaired) electrons. The average Bonchev–Trinajstić information content (AvgIpc) is 3.17. The molecule has 1 saturated heterocycles. The number of carbonyl (C=O) groups is 1. The van der Waals surface area contributed by atoms with E-state index in [1.165, 1.54) is 24.8 Å². The lowest BCUT2D eigenvalue weighted by atomic mass is 10.0. The second kappa shape index (κ2) is 8.97. The number of nitrogens with zero attached hydrogens (tertiary/aromatic N) is 1. The second-order valence-corrected chi connectivity index (χ2v) is 8.88. The molecule has 0 aliphatic carbocycles. The minimum Gasteiger partial charge on any atom is -0.495 e. The Morgan fingerprint density at radius 3 is 2.48 bits per heavy atom. The first-order valence-electron chi connectivity index (χ1n) is 9.98. The summed E-state index contributed by atoms with van der Waals surface area (Å²) in [7, 11) is -2.23. The maximum Gasteiger partial charge on any atom is 0.240 e. The van der Waals surface area contributed by atoms with E-state index in [1.54, 1.807) is 11.0 Å². The summed E-state index contributed by atoms with van der Waals surface area (Å²) in [6.45, 7) is 4.92. The zero-order chi connectivity index (χ0) is 21.0. The Labute approximate surface area is 172 Å². The van der Waals surface area contributed by atoms with Crippen molar-refractivity contribution in [2.24, 2.45) is 0 Å². The van der Waals surface area contributed by atoms with Gasteiger partial charge in [-0.15, -0.1) is 0 Å². The number of amides is 1. The van der Waals surface area contributed by atoms with Gasteiger partial charge in [0.25, 0.3) is 0 Å². The summed E-state index contributed by atoms with van der Waals surface area (Å²) in [6, 6.07) is 10.8. The number of rotatable bonds is 8. The predicted molar refractivity (Wildman–Crippen MR) is 114 cm³/mol. The Bertz CT molecular complexity index is 1000. The number of hydrogen-bond acceptors (Lipinski definition) is 4. The number of methoxy groups -OCH3 is 1. The molecule has 7 heteroatoms. The number of nitrogens with one attached hydrogen (secondary N) is 1. The van der Waals surface area contributed by atoms with Crippen LogP contribution in [0.4, 0.5) is 5.69 Å². The van der Waals surface area contributed by atoms with Gasteiger partial charge >= 0.3 is 0 Å². The Kier molecular flexibility index (Phi) is 6.59. The first-order chi connectivity index (χ1) is 13.9. The van der Waals surface area contributed by atoms with Crippen LogP contribution >= 0.6 is 0 Å². The van der Waals surface area contributed by atoms with Crippen LogP contribution in [0, 0.1) is 0 Å². The van der Waals surface area contributed by atoms with E-state index in [-0.39, 0.29) is 17.3 Å². The molecular weight excluding hydrogens is 388 g/mol. The van der Waals surface area contributed by atoms with Crippen LogP contribution in [0.1, 0.15) is 43.4 Å². The van der Waals surface area contributed by atoms with E-state index in [0.29, 0.717) is 24.4 Å². The lowest BCUT2D eigenvalue weighted by molar-refractivity contribution is -0.117. The largest absolute Gasteiger partial charge is 0.495 e. The van der Waals surface area contributed by atoms with Crippen molar-refractivity contribution in [3.05, 3.63) is 53.1 Å². The zero-order valence-corrected chi connectivity index (χ0v) is 18.0. The number of sulfonamides is 1. The lowest BCUT2D eigenvalue weighted by Gasteiger charge is -2.20. The third kappa shape index (κ3) is 4.62. The van der Waals surface area contributed by atoms with Gasteiger partial charge in [0.15, 0.2) is 0 Å². The van der Waals surface area contributed by atoms with E-state index in [0.717, 1.165) is 30.4 Å². The van der Waals surface area contributed by atoms with E-state index >= 15 is 0 Å². The molecule has 1 heterocycles. The summed E-state index contributed by atoms with van der Waals surface area (Å²) in [6.07, 6.45) is 2.96. The number of aryl methyl sites for hydroxylation is 2. The van der Waals surface area contributed by atoms with Crippen LogP contribution < -0.4 is 14.4 Å². The summed E-state index contributed by atoms with van der Waals surface area (Å²) in [5, 5.41) is 0.